The Bertz CT molecular complexity index is 194. The van der Waals surface area contributed by atoms with Gasteiger partial charge in [-0.15, -0.1) is 0 Å². The third-order valence-corrected chi connectivity index (χ3v) is 3.18. The highest BCUT2D eigenvalue weighted by Gasteiger charge is 2.40. The molecule has 0 atom stereocenters. The molecule has 0 amide bonds. The van der Waals surface area contributed by atoms with Crippen LogP contribution in [0, 0.1) is 5.41 Å². The van der Waals surface area contributed by atoms with Gasteiger partial charge in [-0.3, -0.25) is 0 Å². The fourth-order valence-corrected chi connectivity index (χ4v) is 2.00. The molecule has 0 aromatic heterocycles. The van der Waals surface area contributed by atoms with Crippen LogP contribution in [0.3, 0.4) is 0 Å². The molecule has 2 aliphatic rings. The van der Waals surface area contributed by atoms with E-state index >= 15 is 0 Å². The van der Waals surface area contributed by atoms with Gasteiger partial charge in [0.05, 0.1) is 0 Å². The Morgan fingerprint density at radius 2 is 1.33 bits per heavy atom. The highest BCUT2D eigenvalue weighted by molar-refractivity contribution is 5.02. The summed E-state index contributed by atoms with van der Waals surface area (Å²) in [5.74, 6) is 0. The molecule has 2 rings (SSSR count). The predicted molar refractivity (Wildman–Crippen MR) is 53.0 cm³/mol. The molecule has 0 heterocycles. The summed E-state index contributed by atoms with van der Waals surface area (Å²) in [5, 5.41) is 0. The quantitative estimate of drug-likeness (QED) is 0.475. The molecule has 0 saturated heterocycles. The minimum atomic E-state index is 0.748. The second-order valence-corrected chi connectivity index (χ2v) is 4.26. The van der Waals surface area contributed by atoms with Crippen molar-refractivity contribution in [2.75, 3.05) is 0 Å². The first-order valence-corrected chi connectivity index (χ1v) is 5.21. The van der Waals surface area contributed by atoms with E-state index in [0.717, 1.165) is 5.41 Å². The molecule has 0 unspecified atom stereocenters. The van der Waals surface area contributed by atoms with Gasteiger partial charge in [-0.25, -0.2) is 0 Å². The fraction of sp³-hybridized carbons (Fsp3) is 0.667. The van der Waals surface area contributed by atoms with Crippen molar-refractivity contribution in [1.82, 2.24) is 0 Å². The van der Waals surface area contributed by atoms with Gasteiger partial charge in [-0.05, 0) is 50.4 Å². The Labute approximate surface area is 75.4 Å². The van der Waals surface area contributed by atoms with Gasteiger partial charge in [0.1, 0.15) is 0 Å². The average Bonchev–Trinajstić information content (AvgIpc) is 2.84. The van der Waals surface area contributed by atoms with Crippen molar-refractivity contribution in [3.63, 3.8) is 0 Å². The summed E-state index contributed by atoms with van der Waals surface area (Å²) < 4.78 is 0. The zero-order valence-corrected chi connectivity index (χ0v) is 7.76. The van der Waals surface area contributed by atoms with Crippen LogP contribution in [0.25, 0.3) is 0 Å². The van der Waals surface area contributed by atoms with Gasteiger partial charge >= 0.3 is 0 Å². The maximum atomic E-state index is 2.41. The van der Waals surface area contributed by atoms with Crippen LogP contribution >= 0.6 is 0 Å². The van der Waals surface area contributed by atoms with Crippen LogP contribution < -0.4 is 0 Å². The molecule has 2 aliphatic carbocycles. The van der Waals surface area contributed by atoms with Crippen molar-refractivity contribution in [1.29, 1.82) is 0 Å². The van der Waals surface area contributed by atoms with Crippen molar-refractivity contribution in [2.24, 2.45) is 5.41 Å². The molecule has 0 nitrogen and oxygen atoms in total. The van der Waals surface area contributed by atoms with Crippen molar-refractivity contribution < 1.29 is 0 Å². The molecular weight excluding hydrogens is 144 g/mol. The summed E-state index contributed by atoms with van der Waals surface area (Å²) in [6.45, 7) is 0. The maximum absolute atomic E-state index is 2.41. The van der Waals surface area contributed by atoms with Crippen LogP contribution in [-0.2, 0) is 0 Å². The maximum Gasteiger partial charge on any atom is -0.0260 e. The van der Waals surface area contributed by atoms with Gasteiger partial charge < -0.3 is 0 Å². The number of rotatable bonds is 0. The van der Waals surface area contributed by atoms with E-state index in [1.165, 1.54) is 44.9 Å². The zero-order valence-electron chi connectivity index (χ0n) is 7.76. The lowest BCUT2D eigenvalue weighted by Gasteiger charge is -2.11. The summed E-state index contributed by atoms with van der Waals surface area (Å²) >= 11 is 0. The standard InChI is InChI=1S/C12H18/c1-2-4-6-8-12(10-11-12)9-7-5-3-1/h2,4-5,7H,1,3,6,8-11H2/b4-2?,7-5-. The molecule has 1 saturated carbocycles. The van der Waals surface area contributed by atoms with Gasteiger partial charge in [0.15, 0.2) is 0 Å². The molecule has 0 N–H and O–H groups in total. The Hall–Kier alpha value is -0.520. The van der Waals surface area contributed by atoms with Gasteiger partial charge in [0, 0.05) is 0 Å². The van der Waals surface area contributed by atoms with Crippen LogP contribution in [0.4, 0.5) is 0 Å². The minimum absolute atomic E-state index is 0.748. The molecular formula is C12H18. The van der Waals surface area contributed by atoms with Gasteiger partial charge in [-0.2, -0.15) is 0 Å². The lowest BCUT2D eigenvalue weighted by Crippen LogP contribution is -1.97. The van der Waals surface area contributed by atoms with E-state index in [0.29, 0.717) is 0 Å². The van der Waals surface area contributed by atoms with Crippen molar-refractivity contribution in [2.45, 2.75) is 44.9 Å². The van der Waals surface area contributed by atoms with E-state index in [-0.39, 0.29) is 0 Å². The summed E-state index contributed by atoms with van der Waals surface area (Å²) in [6, 6.07) is 0. The fourth-order valence-electron chi connectivity index (χ4n) is 2.00. The normalized spacial score (nSPS) is 30.0. The second kappa shape index (κ2) is 3.47. The van der Waals surface area contributed by atoms with E-state index in [1.54, 1.807) is 0 Å². The molecule has 0 bridgehead atoms. The molecule has 0 heteroatoms. The predicted octanol–water partition coefficient (Wildman–Crippen LogP) is 3.84. The van der Waals surface area contributed by atoms with Crippen LogP contribution in [-0.4, -0.2) is 0 Å². The zero-order chi connectivity index (χ0) is 8.28. The van der Waals surface area contributed by atoms with E-state index in [9.17, 15) is 0 Å². The Morgan fingerprint density at radius 3 is 2.08 bits per heavy atom. The molecule has 1 spiro atoms. The summed E-state index contributed by atoms with van der Waals surface area (Å²) in [6.07, 6.45) is 19.0. The minimum Gasteiger partial charge on any atom is -0.0885 e. The van der Waals surface area contributed by atoms with E-state index in [2.05, 4.69) is 24.3 Å². The molecule has 0 aliphatic heterocycles. The first-order chi connectivity index (χ1) is 5.91. The van der Waals surface area contributed by atoms with Gasteiger partial charge in [0.2, 0.25) is 0 Å². The van der Waals surface area contributed by atoms with Crippen molar-refractivity contribution >= 4 is 0 Å². The number of allylic oxidation sites excluding steroid dienone is 4. The third kappa shape index (κ3) is 2.00. The Balaban J connectivity index is 1.93. The lowest BCUT2D eigenvalue weighted by molar-refractivity contribution is 0.476. The van der Waals surface area contributed by atoms with E-state index < -0.39 is 0 Å². The molecule has 66 valence electrons. The molecule has 12 heavy (non-hydrogen) atoms. The van der Waals surface area contributed by atoms with Crippen LogP contribution in [0.15, 0.2) is 24.3 Å². The average molecular weight is 162 g/mol. The van der Waals surface area contributed by atoms with Crippen molar-refractivity contribution in [3.8, 4) is 0 Å². The first-order valence-electron chi connectivity index (χ1n) is 5.21. The van der Waals surface area contributed by atoms with Gasteiger partial charge in [0.25, 0.3) is 0 Å². The van der Waals surface area contributed by atoms with Crippen LogP contribution in [0.2, 0.25) is 0 Å². The largest absolute Gasteiger partial charge is 0.0885 e. The Kier molecular flexibility index (Phi) is 2.34. The van der Waals surface area contributed by atoms with E-state index in [4.69, 9.17) is 0 Å². The monoisotopic (exact) mass is 162 g/mol. The summed E-state index contributed by atoms with van der Waals surface area (Å²) in [4.78, 5) is 0. The third-order valence-electron chi connectivity index (χ3n) is 3.18. The molecule has 0 radical (unpaired) electrons. The van der Waals surface area contributed by atoms with Gasteiger partial charge in [-0.1, -0.05) is 24.3 Å². The Morgan fingerprint density at radius 1 is 0.667 bits per heavy atom. The highest BCUT2D eigenvalue weighted by atomic mass is 14.4. The van der Waals surface area contributed by atoms with Crippen LogP contribution in [0.5, 0.6) is 0 Å². The smallest absolute Gasteiger partial charge is 0.0260 e. The van der Waals surface area contributed by atoms with E-state index in [1.807, 2.05) is 0 Å². The lowest BCUT2D eigenvalue weighted by atomic mass is 9.95. The highest BCUT2D eigenvalue weighted by Crippen LogP contribution is 2.53. The number of hydrogen-bond donors (Lipinski definition) is 0. The molecule has 0 aromatic rings. The second-order valence-electron chi connectivity index (χ2n) is 4.26. The van der Waals surface area contributed by atoms with Crippen LogP contribution in [0.1, 0.15) is 44.9 Å². The summed E-state index contributed by atoms with van der Waals surface area (Å²) in [5.41, 5.74) is 0.748. The SMILES string of the molecule is C1=CCCC2(C/C=C\CC1)CC2. The molecule has 0 aromatic carbocycles. The van der Waals surface area contributed by atoms with Crippen molar-refractivity contribution in [3.05, 3.63) is 24.3 Å². The number of hydrogen-bond acceptors (Lipinski definition) is 0. The topological polar surface area (TPSA) is 0 Å². The first kappa shape index (κ1) is 8.10. The summed E-state index contributed by atoms with van der Waals surface area (Å²) in [7, 11) is 0. The molecule has 1 fully saturated rings.